The summed E-state index contributed by atoms with van der Waals surface area (Å²) in [6, 6.07) is 9.12. The van der Waals surface area contributed by atoms with E-state index in [-0.39, 0.29) is 0 Å². The number of fused-ring (bicyclic) bond motifs is 1. The molecule has 7 heteroatoms. The first-order chi connectivity index (χ1) is 18.4. The molecular weight excluding hydrogens is 488 g/mol. The van der Waals surface area contributed by atoms with Crippen LogP contribution in [0, 0.1) is 11.3 Å². The molecule has 0 amide bonds. The van der Waals surface area contributed by atoms with E-state index in [4.69, 9.17) is 4.98 Å². The molecule has 206 valence electrons. The van der Waals surface area contributed by atoms with Crippen molar-refractivity contribution in [3.63, 3.8) is 0 Å². The van der Waals surface area contributed by atoms with E-state index in [9.17, 15) is 0 Å². The Balaban J connectivity index is 0.000000360. The first-order valence-electron chi connectivity index (χ1n) is 14.3. The second-order valence-electron chi connectivity index (χ2n) is 11.6. The number of nitrogens with one attached hydrogen (secondary N) is 2. The summed E-state index contributed by atoms with van der Waals surface area (Å²) >= 11 is 1.80. The van der Waals surface area contributed by atoms with Gasteiger partial charge in [-0.15, -0.1) is 0 Å². The predicted molar refractivity (Wildman–Crippen MR) is 164 cm³/mol. The summed E-state index contributed by atoms with van der Waals surface area (Å²) in [4.78, 5) is 13.8. The molecule has 0 spiro atoms. The number of imidazole rings is 1. The SMILES string of the molecule is C=N/C(=C\C=N/CNC1CCCNC1)c1c(-c2cccc(CC)c2)nc2n1CCS2.C[C@@H]1CCC(C)(C)C1. The van der Waals surface area contributed by atoms with E-state index in [1.165, 1.54) is 37.7 Å². The van der Waals surface area contributed by atoms with Crippen LogP contribution in [0.15, 0.2) is 45.5 Å². The highest BCUT2D eigenvalue weighted by molar-refractivity contribution is 7.99. The number of thioether (sulfide) groups is 1. The molecule has 38 heavy (non-hydrogen) atoms. The molecule has 1 saturated carbocycles. The molecule has 1 unspecified atom stereocenters. The molecule has 2 N–H and O–H groups in total. The van der Waals surface area contributed by atoms with Crippen LogP contribution in [0.1, 0.15) is 71.1 Å². The van der Waals surface area contributed by atoms with Crippen molar-refractivity contribution in [2.45, 2.75) is 84.0 Å². The zero-order valence-corrected chi connectivity index (χ0v) is 24.6. The fourth-order valence-corrected chi connectivity index (χ4v) is 6.70. The highest BCUT2D eigenvalue weighted by Crippen LogP contribution is 2.40. The number of nitrogens with zero attached hydrogens (tertiary/aromatic N) is 4. The van der Waals surface area contributed by atoms with Crippen molar-refractivity contribution in [2.24, 2.45) is 21.3 Å². The average Bonchev–Trinajstić information content (AvgIpc) is 3.61. The predicted octanol–water partition coefficient (Wildman–Crippen LogP) is 6.46. The molecule has 5 rings (SSSR count). The lowest BCUT2D eigenvalue weighted by Crippen LogP contribution is -2.43. The van der Waals surface area contributed by atoms with Crippen LogP contribution in [0.25, 0.3) is 17.0 Å². The van der Waals surface area contributed by atoms with Crippen molar-refractivity contribution in [1.82, 2.24) is 20.2 Å². The third-order valence-corrected chi connectivity index (χ3v) is 8.78. The maximum Gasteiger partial charge on any atom is 0.169 e. The molecule has 1 aromatic heterocycles. The lowest BCUT2D eigenvalue weighted by atomic mass is 9.91. The molecule has 1 aromatic carbocycles. The van der Waals surface area contributed by atoms with E-state index in [0.717, 1.165) is 65.5 Å². The Bertz CT molecular complexity index is 1130. The number of hydrogen-bond acceptors (Lipinski definition) is 6. The third-order valence-electron chi connectivity index (χ3n) is 7.82. The minimum atomic E-state index is 0.504. The van der Waals surface area contributed by atoms with Crippen LogP contribution >= 0.6 is 11.8 Å². The number of aliphatic imine (C=N–C) groups is 2. The minimum Gasteiger partial charge on any atom is -0.316 e. The van der Waals surface area contributed by atoms with Crippen molar-refractivity contribution in [3.05, 3.63) is 41.6 Å². The molecule has 0 bridgehead atoms. The van der Waals surface area contributed by atoms with E-state index in [1.54, 1.807) is 11.8 Å². The van der Waals surface area contributed by atoms with Gasteiger partial charge in [0.2, 0.25) is 0 Å². The second-order valence-corrected chi connectivity index (χ2v) is 12.7. The van der Waals surface area contributed by atoms with Crippen molar-refractivity contribution in [2.75, 3.05) is 25.5 Å². The van der Waals surface area contributed by atoms with Crippen LogP contribution in [0.2, 0.25) is 0 Å². The lowest BCUT2D eigenvalue weighted by molar-refractivity contribution is 0.366. The highest BCUT2D eigenvalue weighted by Gasteiger charge is 2.27. The molecule has 1 aliphatic carbocycles. The second kappa shape index (κ2) is 13.7. The zero-order valence-electron chi connectivity index (χ0n) is 23.8. The highest BCUT2D eigenvalue weighted by atomic mass is 32.2. The summed E-state index contributed by atoms with van der Waals surface area (Å²) < 4.78 is 2.26. The summed E-state index contributed by atoms with van der Waals surface area (Å²) in [7, 11) is 0. The molecule has 1 saturated heterocycles. The summed E-state index contributed by atoms with van der Waals surface area (Å²) in [5.74, 6) is 2.03. The summed E-state index contributed by atoms with van der Waals surface area (Å²) in [5.41, 5.74) is 5.93. The monoisotopic (exact) mass is 534 g/mol. The lowest BCUT2D eigenvalue weighted by Gasteiger charge is -2.22. The maximum atomic E-state index is 4.94. The normalized spacial score (nSPS) is 22.8. The average molecular weight is 535 g/mol. The molecule has 2 fully saturated rings. The number of hydrogen-bond donors (Lipinski definition) is 2. The van der Waals surface area contributed by atoms with Gasteiger partial charge in [-0.2, -0.15) is 0 Å². The van der Waals surface area contributed by atoms with Gasteiger partial charge in [0.05, 0.1) is 23.8 Å². The fourth-order valence-electron chi connectivity index (χ4n) is 5.75. The molecule has 3 aliphatic rings. The number of rotatable bonds is 8. The van der Waals surface area contributed by atoms with Crippen molar-refractivity contribution in [3.8, 4) is 11.3 Å². The van der Waals surface area contributed by atoms with Crippen LogP contribution in [-0.4, -0.2) is 54.0 Å². The van der Waals surface area contributed by atoms with Gasteiger partial charge in [-0.3, -0.25) is 15.3 Å². The number of benzene rings is 1. The van der Waals surface area contributed by atoms with E-state index < -0.39 is 0 Å². The smallest absolute Gasteiger partial charge is 0.169 e. The zero-order chi connectivity index (χ0) is 27.0. The minimum absolute atomic E-state index is 0.504. The number of aromatic nitrogens is 2. The van der Waals surface area contributed by atoms with Crippen molar-refractivity contribution < 1.29 is 0 Å². The molecule has 2 aliphatic heterocycles. The Kier molecular flexibility index (Phi) is 10.4. The van der Waals surface area contributed by atoms with E-state index in [2.05, 4.69) is 83.9 Å². The van der Waals surface area contributed by atoms with Gasteiger partial charge in [0.25, 0.3) is 0 Å². The fraction of sp³-hybridized carbons (Fsp3) is 0.581. The van der Waals surface area contributed by atoms with Crippen molar-refractivity contribution >= 4 is 30.4 Å². The van der Waals surface area contributed by atoms with Gasteiger partial charge < -0.3 is 9.88 Å². The Morgan fingerprint density at radius 3 is 2.87 bits per heavy atom. The number of aryl methyl sites for hydroxylation is 1. The van der Waals surface area contributed by atoms with Gasteiger partial charge >= 0.3 is 0 Å². The van der Waals surface area contributed by atoms with Gasteiger partial charge in [-0.05, 0) is 74.4 Å². The number of piperidine rings is 1. The largest absolute Gasteiger partial charge is 0.316 e. The summed E-state index contributed by atoms with van der Waals surface area (Å²) in [5, 5.41) is 7.95. The standard InChI is InChI=1S/C23H30N6S.C8H16/c1-3-17-6-4-7-18(14-17)21-22(29-12-13-30-23(29)28-21)20(24-2)9-11-26-16-27-19-8-5-10-25-15-19;1-7-4-5-8(2,3)6-7/h4,6-7,9,11,14,19,25,27H,2-3,5,8,10,12-13,15-16H2,1H3;7H,4-6H2,1-3H3/b20-9-,26-11-;/t;7-/m.1/s1. The summed E-state index contributed by atoms with van der Waals surface area (Å²) in [6.07, 6.45) is 11.5. The van der Waals surface area contributed by atoms with Gasteiger partial charge in [0.15, 0.2) is 5.16 Å². The first-order valence-corrected chi connectivity index (χ1v) is 15.3. The van der Waals surface area contributed by atoms with Crippen LogP contribution in [0.4, 0.5) is 0 Å². The molecule has 2 aromatic rings. The maximum absolute atomic E-state index is 4.94. The van der Waals surface area contributed by atoms with Crippen molar-refractivity contribution in [1.29, 1.82) is 0 Å². The van der Waals surface area contributed by atoms with Crippen LogP contribution in [0.5, 0.6) is 0 Å². The Morgan fingerprint density at radius 2 is 2.21 bits per heavy atom. The van der Waals surface area contributed by atoms with Gasteiger partial charge in [-0.1, -0.05) is 64.1 Å². The molecular formula is C31H46N6S. The topological polar surface area (TPSA) is 66.6 Å². The van der Waals surface area contributed by atoms with Crippen LogP contribution in [-0.2, 0) is 13.0 Å². The van der Waals surface area contributed by atoms with Crippen LogP contribution in [0.3, 0.4) is 0 Å². The Hall–Kier alpha value is -2.22. The third kappa shape index (κ3) is 7.67. The Labute approximate surface area is 233 Å². The quantitative estimate of drug-likeness (QED) is 0.381. The molecule has 3 heterocycles. The van der Waals surface area contributed by atoms with E-state index in [1.807, 2.05) is 12.3 Å². The van der Waals surface area contributed by atoms with Gasteiger partial charge in [0.1, 0.15) is 0 Å². The Morgan fingerprint density at radius 1 is 1.34 bits per heavy atom. The van der Waals surface area contributed by atoms with Crippen LogP contribution < -0.4 is 10.6 Å². The molecule has 2 atom stereocenters. The van der Waals surface area contributed by atoms with E-state index in [0.29, 0.717) is 18.1 Å². The number of allylic oxidation sites excluding steroid dienone is 1. The first kappa shape index (κ1) is 28.8. The molecule has 0 radical (unpaired) electrons. The van der Waals surface area contributed by atoms with Gasteiger partial charge in [-0.25, -0.2) is 4.98 Å². The molecule has 6 nitrogen and oxygen atoms in total. The van der Waals surface area contributed by atoms with E-state index >= 15 is 0 Å². The summed E-state index contributed by atoms with van der Waals surface area (Å²) in [6.45, 7) is 16.8. The van der Waals surface area contributed by atoms with Gasteiger partial charge in [0, 0.05) is 36.7 Å².